The normalized spacial score (nSPS) is 10.6. The zero-order chi connectivity index (χ0) is 23.6. The number of hydrogen-bond acceptors (Lipinski definition) is 3. The van der Waals surface area contributed by atoms with Gasteiger partial charge in [-0.15, -0.1) is 9.79 Å². The minimum atomic E-state index is -2.87. The van der Waals surface area contributed by atoms with Crippen molar-refractivity contribution in [2.24, 2.45) is 0 Å². The van der Waals surface area contributed by atoms with Gasteiger partial charge in [0, 0.05) is 24.1 Å². The van der Waals surface area contributed by atoms with Crippen LogP contribution in [0.3, 0.4) is 0 Å². The number of carbonyl (C=O) groups excluding carboxylic acids is 1. The highest BCUT2D eigenvalue weighted by Gasteiger charge is 2.03. The Morgan fingerprint density at radius 3 is 1.42 bits per heavy atom. The summed E-state index contributed by atoms with van der Waals surface area (Å²) in [5.74, 6) is 0.233. The van der Waals surface area contributed by atoms with E-state index in [4.69, 9.17) is 14.4 Å². The number of carbonyl (C=O) groups is 1. The molecule has 0 aromatic carbocycles. The molecule has 6 nitrogen and oxygen atoms in total. The molecule has 186 valence electrons. The van der Waals surface area contributed by atoms with Crippen LogP contribution in [0.2, 0.25) is 0 Å². The Kier molecular flexibility index (Phi) is 28.9. The van der Waals surface area contributed by atoms with Gasteiger partial charge in [0.15, 0.2) is 0 Å². The molecular weight excluding hydrogens is 411 g/mol. The number of likely N-dealkylation sites (N-methyl/N-ethyl adjacent to an activating group) is 1. The first-order chi connectivity index (χ1) is 15.0. The minimum absolute atomic E-state index is 0.233. The van der Waals surface area contributed by atoms with Gasteiger partial charge in [-0.25, -0.2) is 0 Å². The van der Waals surface area contributed by atoms with Crippen molar-refractivity contribution in [2.75, 3.05) is 26.2 Å². The fourth-order valence-corrected chi connectivity index (χ4v) is 3.64. The van der Waals surface area contributed by atoms with Crippen molar-refractivity contribution in [3.8, 4) is 0 Å². The summed E-state index contributed by atoms with van der Waals surface area (Å²) in [4.78, 5) is 28.4. The topological polar surface area (TPSA) is 89.9 Å². The number of unbranched alkanes of at least 4 members (excludes halogenated alkanes) is 14. The standard InChI is InChI=1S/C24H50N2O.HO3P/c1-4-7-8-9-10-11-12-13-14-15-16-17-18-19-20-21-24(27)25-22-23-26(5-2)6-3;1-4(2)3/h4-23H2,1-3H3,(H,25,27);(H-,1,2,3)/p+1. The van der Waals surface area contributed by atoms with Crippen molar-refractivity contribution in [3.63, 3.8) is 0 Å². The molecule has 0 aliphatic heterocycles. The summed E-state index contributed by atoms with van der Waals surface area (Å²) in [6, 6.07) is 0. The van der Waals surface area contributed by atoms with E-state index in [1.165, 1.54) is 89.9 Å². The molecule has 0 rings (SSSR count). The van der Waals surface area contributed by atoms with Gasteiger partial charge < -0.3 is 10.2 Å². The van der Waals surface area contributed by atoms with Gasteiger partial charge >= 0.3 is 8.25 Å². The van der Waals surface area contributed by atoms with E-state index in [2.05, 4.69) is 31.0 Å². The molecule has 7 heteroatoms. The molecule has 3 N–H and O–H groups in total. The van der Waals surface area contributed by atoms with Crippen LogP contribution < -0.4 is 5.32 Å². The molecule has 0 saturated heterocycles. The van der Waals surface area contributed by atoms with Gasteiger partial charge in [-0.05, 0) is 19.5 Å². The lowest BCUT2D eigenvalue weighted by Gasteiger charge is -2.17. The SMILES string of the molecule is CCCCCCCCCCCCCCCCCC(=O)NCCN(CC)CC.O=[P+](O)O. The summed E-state index contributed by atoms with van der Waals surface area (Å²) in [5.41, 5.74) is 0. The molecule has 0 saturated carbocycles. The average molecular weight is 464 g/mol. The number of nitrogens with zero attached hydrogens (tertiary/aromatic N) is 1. The predicted molar refractivity (Wildman–Crippen MR) is 132 cm³/mol. The number of rotatable bonds is 21. The van der Waals surface area contributed by atoms with E-state index < -0.39 is 8.25 Å². The highest BCUT2D eigenvalue weighted by molar-refractivity contribution is 7.30. The second-order valence-electron chi connectivity index (χ2n) is 8.33. The maximum atomic E-state index is 11.8. The van der Waals surface area contributed by atoms with Crippen LogP contribution in [0.15, 0.2) is 0 Å². The lowest BCUT2D eigenvalue weighted by molar-refractivity contribution is -0.121. The maximum Gasteiger partial charge on any atom is 0.692 e. The van der Waals surface area contributed by atoms with E-state index in [0.717, 1.165) is 32.6 Å². The van der Waals surface area contributed by atoms with E-state index in [-0.39, 0.29) is 5.91 Å². The molecule has 0 aromatic rings. The van der Waals surface area contributed by atoms with Crippen LogP contribution in [0, 0.1) is 0 Å². The second-order valence-corrected chi connectivity index (χ2v) is 8.83. The molecular formula is C24H52N2O4P+. The number of amides is 1. The second kappa shape index (κ2) is 27.5. The third-order valence-electron chi connectivity index (χ3n) is 5.65. The van der Waals surface area contributed by atoms with E-state index >= 15 is 0 Å². The van der Waals surface area contributed by atoms with E-state index in [1.54, 1.807) is 0 Å². The summed E-state index contributed by atoms with van der Waals surface area (Å²) >= 11 is 0. The van der Waals surface area contributed by atoms with Crippen LogP contribution in [-0.4, -0.2) is 46.8 Å². The number of nitrogens with one attached hydrogen (secondary N) is 1. The first-order valence-corrected chi connectivity index (χ1v) is 14.0. The van der Waals surface area contributed by atoms with Crippen LogP contribution in [0.4, 0.5) is 0 Å². The van der Waals surface area contributed by atoms with Crippen molar-refractivity contribution in [1.29, 1.82) is 0 Å². The van der Waals surface area contributed by atoms with E-state index in [1.807, 2.05) is 0 Å². The Balaban J connectivity index is 0. The van der Waals surface area contributed by atoms with Crippen LogP contribution in [0.5, 0.6) is 0 Å². The Morgan fingerprint density at radius 2 is 1.06 bits per heavy atom. The first kappa shape index (κ1) is 32.6. The van der Waals surface area contributed by atoms with Crippen molar-refractivity contribution in [1.82, 2.24) is 10.2 Å². The maximum absolute atomic E-state index is 11.8. The molecule has 0 radical (unpaired) electrons. The molecule has 0 bridgehead atoms. The minimum Gasteiger partial charge on any atom is -0.355 e. The van der Waals surface area contributed by atoms with E-state index in [0.29, 0.717) is 6.42 Å². The highest BCUT2D eigenvalue weighted by atomic mass is 31.1. The molecule has 31 heavy (non-hydrogen) atoms. The van der Waals surface area contributed by atoms with Gasteiger partial charge in [0.05, 0.1) is 0 Å². The summed E-state index contributed by atoms with van der Waals surface area (Å²) in [6.45, 7) is 10.5. The zero-order valence-corrected chi connectivity index (χ0v) is 21.6. The average Bonchev–Trinajstić information content (AvgIpc) is 2.73. The summed E-state index contributed by atoms with van der Waals surface area (Å²) in [6.07, 6.45) is 21.2. The quantitative estimate of drug-likeness (QED) is 0.137. The van der Waals surface area contributed by atoms with Gasteiger partial charge in [-0.3, -0.25) is 4.79 Å². The molecule has 0 heterocycles. The first-order valence-electron chi connectivity index (χ1n) is 12.8. The monoisotopic (exact) mass is 463 g/mol. The van der Waals surface area contributed by atoms with Crippen LogP contribution in [-0.2, 0) is 9.36 Å². The van der Waals surface area contributed by atoms with Crippen LogP contribution >= 0.6 is 8.25 Å². The third-order valence-corrected chi connectivity index (χ3v) is 5.65. The number of hydrogen-bond donors (Lipinski definition) is 3. The largest absolute Gasteiger partial charge is 0.692 e. The highest BCUT2D eigenvalue weighted by Crippen LogP contribution is 2.13. The lowest BCUT2D eigenvalue weighted by atomic mass is 10.0. The zero-order valence-electron chi connectivity index (χ0n) is 20.7. The molecule has 0 aliphatic rings. The fourth-order valence-electron chi connectivity index (χ4n) is 3.64. The molecule has 0 unspecified atom stereocenters. The molecule has 0 aromatic heterocycles. The Bertz CT molecular complexity index is 390. The van der Waals surface area contributed by atoms with Gasteiger partial charge in [0.1, 0.15) is 0 Å². The van der Waals surface area contributed by atoms with Crippen LogP contribution in [0.1, 0.15) is 124 Å². The summed E-state index contributed by atoms with van der Waals surface area (Å²) < 4.78 is 8.70. The Hall–Kier alpha value is -0.550. The third kappa shape index (κ3) is 31.7. The van der Waals surface area contributed by atoms with E-state index in [9.17, 15) is 4.79 Å². The van der Waals surface area contributed by atoms with Gasteiger partial charge in [0.25, 0.3) is 0 Å². The predicted octanol–water partition coefficient (Wildman–Crippen LogP) is 6.33. The van der Waals surface area contributed by atoms with Gasteiger partial charge in [-0.1, -0.05) is 111 Å². The molecule has 0 fully saturated rings. The van der Waals surface area contributed by atoms with Gasteiger partial charge in [0.2, 0.25) is 5.91 Å². The van der Waals surface area contributed by atoms with Gasteiger partial charge in [-0.2, -0.15) is 0 Å². The summed E-state index contributed by atoms with van der Waals surface area (Å²) in [5, 5.41) is 3.05. The molecule has 0 spiro atoms. The Labute approximate surface area is 193 Å². The lowest BCUT2D eigenvalue weighted by Crippen LogP contribution is -2.34. The van der Waals surface area contributed by atoms with Crippen molar-refractivity contribution in [3.05, 3.63) is 0 Å². The van der Waals surface area contributed by atoms with Crippen molar-refractivity contribution in [2.45, 2.75) is 124 Å². The molecule has 1 amide bonds. The van der Waals surface area contributed by atoms with Crippen molar-refractivity contribution >= 4 is 14.2 Å². The van der Waals surface area contributed by atoms with Crippen LogP contribution in [0.25, 0.3) is 0 Å². The summed E-state index contributed by atoms with van der Waals surface area (Å²) in [7, 11) is -2.87. The fraction of sp³-hybridized carbons (Fsp3) is 0.958. The smallest absolute Gasteiger partial charge is 0.355 e. The molecule has 0 aliphatic carbocycles. The van der Waals surface area contributed by atoms with Crippen molar-refractivity contribution < 1.29 is 19.1 Å². The Morgan fingerprint density at radius 1 is 0.710 bits per heavy atom. The molecule has 0 atom stereocenters.